The van der Waals surface area contributed by atoms with Crippen molar-refractivity contribution < 1.29 is 9.59 Å². The van der Waals surface area contributed by atoms with Crippen LogP contribution in [-0.2, 0) is 9.59 Å². The molecule has 5 heteroatoms. The minimum absolute atomic E-state index is 0.0226. The minimum atomic E-state index is -0.239. The number of likely N-dealkylation sites (tertiary alicyclic amines) is 1. The lowest BCUT2D eigenvalue weighted by Gasteiger charge is -2.34. The molecule has 0 unspecified atom stereocenters. The molecule has 1 saturated heterocycles. The molecule has 0 radical (unpaired) electrons. The Kier molecular flexibility index (Phi) is 5.79. The number of rotatable bonds is 4. The molecule has 0 aliphatic carbocycles. The molecule has 0 saturated carbocycles. The molecule has 0 aromatic carbocycles. The molecule has 1 atom stereocenters. The second-order valence-corrected chi connectivity index (χ2v) is 5.89. The zero-order chi connectivity index (χ0) is 14.6. The second-order valence-electron chi connectivity index (χ2n) is 5.89. The highest BCUT2D eigenvalue weighted by molar-refractivity contribution is 5.83. The van der Waals surface area contributed by atoms with Gasteiger partial charge in [-0.1, -0.05) is 6.92 Å². The second kappa shape index (κ2) is 6.89. The molecule has 1 heterocycles. The Balaban J connectivity index is 2.49. The van der Waals surface area contributed by atoms with E-state index >= 15 is 0 Å². The first-order chi connectivity index (χ1) is 8.82. The van der Waals surface area contributed by atoms with E-state index in [4.69, 9.17) is 0 Å². The lowest BCUT2D eigenvalue weighted by Crippen LogP contribution is -2.50. The Morgan fingerprint density at radius 2 is 1.74 bits per heavy atom. The molecule has 0 bridgehead atoms. The van der Waals surface area contributed by atoms with Gasteiger partial charge in [0, 0.05) is 27.2 Å². The average molecular weight is 269 g/mol. The van der Waals surface area contributed by atoms with Gasteiger partial charge in [-0.2, -0.15) is 0 Å². The van der Waals surface area contributed by atoms with Gasteiger partial charge in [0.15, 0.2) is 0 Å². The molecule has 110 valence electrons. The molecule has 0 aromatic heterocycles. The van der Waals surface area contributed by atoms with Gasteiger partial charge < -0.3 is 9.80 Å². The molecule has 1 fully saturated rings. The van der Waals surface area contributed by atoms with E-state index in [1.165, 1.54) is 0 Å². The van der Waals surface area contributed by atoms with Crippen LogP contribution >= 0.6 is 0 Å². The molecule has 0 spiro atoms. The Hall–Kier alpha value is -1.10. The maximum atomic E-state index is 12.4. The topological polar surface area (TPSA) is 43.9 Å². The average Bonchev–Trinajstić information content (AvgIpc) is 2.37. The fourth-order valence-corrected chi connectivity index (χ4v) is 2.17. The van der Waals surface area contributed by atoms with Gasteiger partial charge in [-0.3, -0.25) is 14.5 Å². The minimum Gasteiger partial charge on any atom is -0.348 e. The number of likely N-dealkylation sites (N-methyl/N-ethyl adjacent to an activating group) is 2. The van der Waals surface area contributed by atoms with Crippen LogP contribution in [0.5, 0.6) is 0 Å². The lowest BCUT2D eigenvalue weighted by molar-refractivity contribution is -0.139. The lowest BCUT2D eigenvalue weighted by atomic mass is 9.99. The van der Waals surface area contributed by atoms with Crippen molar-refractivity contribution in [2.24, 2.45) is 5.92 Å². The molecule has 0 aromatic rings. The van der Waals surface area contributed by atoms with Crippen molar-refractivity contribution >= 4 is 11.8 Å². The van der Waals surface area contributed by atoms with Crippen LogP contribution in [0.15, 0.2) is 0 Å². The maximum absolute atomic E-state index is 12.4. The third-order valence-electron chi connectivity index (χ3n) is 4.00. The van der Waals surface area contributed by atoms with E-state index < -0.39 is 0 Å². The largest absolute Gasteiger partial charge is 0.348 e. The Morgan fingerprint density at radius 1 is 1.21 bits per heavy atom. The summed E-state index contributed by atoms with van der Waals surface area (Å²) in [6.45, 7) is 6.08. The van der Waals surface area contributed by atoms with Crippen molar-refractivity contribution in [3.8, 4) is 0 Å². The van der Waals surface area contributed by atoms with Crippen molar-refractivity contribution in [1.82, 2.24) is 14.7 Å². The molecular weight excluding hydrogens is 242 g/mol. The van der Waals surface area contributed by atoms with Crippen LogP contribution in [0.3, 0.4) is 0 Å². The summed E-state index contributed by atoms with van der Waals surface area (Å²) in [5.74, 6) is 0.878. The number of hydrogen-bond acceptors (Lipinski definition) is 3. The van der Waals surface area contributed by atoms with E-state index in [1.54, 1.807) is 19.0 Å². The molecule has 1 aliphatic rings. The van der Waals surface area contributed by atoms with Gasteiger partial charge in [0.25, 0.3) is 0 Å². The third kappa shape index (κ3) is 4.49. The maximum Gasteiger partial charge on any atom is 0.239 e. The van der Waals surface area contributed by atoms with Crippen molar-refractivity contribution in [2.45, 2.75) is 32.7 Å². The van der Waals surface area contributed by atoms with E-state index in [2.05, 4.69) is 6.92 Å². The molecular formula is C14H27N3O2. The molecule has 5 nitrogen and oxygen atoms in total. The fourth-order valence-electron chi connectivity index (χ4n) is 2.17. The van der Waals surface area contributed by atoms with Gasteiger partial charge in [0.2, 0.25) is 11.8 Å². The number of amides is 2. The van der Waals surface area contributed by atoms with Crippen molar-refractivity contribution in [2.75, 3.05) is 40.8 Å². The third-order valence-corrected chi connectivity index (χ3v) is 4.00. The first-order valence-corrected chi connectivity index (χ1v) is 7.02. The summed E-state index contributed by atoms with van der Waals surface area (Å²) in [5, 5.41) is 0. The fraction of sp³-hybridized carbons (Fsp3) is 0.857. The van der Waals surface area contributed by atoms with Crippen LogP contribution in [0.2, 0.25) is 0 Å². The molecule has 0 N–H and O–H groups in total. The van der Waals surface area contributed by atoms with Crippen LogP contribution in [0.25, 0.3) is 0 Å². The van der Waals surface area contributed by atoms with Gasteiger partial charge >= 0.3 is 0 Å². The highest BCUT2D eigenvalue weighted by atomic mass is 16.2. The number of piperidine rings is 1. The number of hydrogen-bond donors (Lipinski definition) is 0. The standard InChI is InChI=1S/C14H27N3O2/c1-11-6-8-17(9-7-11)14(19)12(2)16(5)10-13(18)15(3)4/h11-12H,6-10H2,1-5H3/t12-/m0/s1. The predicted octanol–water partition coefficient (Wildman–Crippen LogP) is 0.653. The highest BCUT2D eigenvalue weighted by Crippen LogP contribution is 2.17. The summed E-state index contributed by atoms with van der Waals surface area (Å²) in [6.07, 6.45) is 2.16. The van der Waals surface area contributed by atoms with E-state index in [-0.39, 0.29) is 24.4 Å². The van der Waals surface area contributed by atoms with Crippen molar-refractivity contribution in [3.63, 3.8) is 0 Å². The predicted molar refractivity (Wildman–Crippen MR) is 75.8 cm³/mol. The molecule has 19 heavy (non-hydrogen) atoms. The Bertz CT molecular complexity index is 323. The van der Waals surface area contributed by atoms with E-state index in [9.17, 15) is 9.59 Å². The Labute approximate surface area is 116 Å². The number of nitrogens with zero attached hydrogens (tertiary/aromatic N) is 3. The highest BCUT2D eigenvalue weighted by Gasteiger charge is 2.27. The van der Waals surface area contributed by atoms with Crippen LogP contribution in [0.4, 0.5) is 0 Å². The summed E-state index contributed by atoms with van der Waals surface area (Å²) < 4.78 is 0. The summed E-state index contributed by atoms with van der Waals surface area (Å²) in [4.78, 5) is 29.3. The van der Waals surface area contributed by atoms with Gasteiger partial charge in [-0.05, 0) is 32.7 Å². The van der Waals surface area contributed by atoms with Crippen LogP contribution in [0, 0.1) is 5.92 Å². The summed E-state index contributed by atoms with van der Waals surface area (Å²) in [6, 6.07) is -0.239. The summed E-state index contributed by atoms with van der Waals surface area (Å²) in [7, 11) is 5.29. The summed E-state index contributed by atoms with van der Waals surface area (Å²) in [5.41, 5.74) is 0. The molecule has 1 rings (SSSR count). The molecule has 2 amide bonds. The first-order valence-electron chi connectivity index (χ1n) is 7.02. The first kappa shape index (κ1) is 16.0. The zero-order valence-electron chi connectivity index (χ0n) is 12.8. The van der Waals surface area contributed by atoms with E-state index in [0.29, 0.717) is 5.92 Å². The van der Waals surface area contributed by atoms with Crippen molar-refractivity contribution in [3.05, 3.63) is 0 Å². The Morgan fingerprint density at radius 3 is 2.21 bits per heavy atom. The van der Waals surface area contributed by atoms with Crippen LogP contribution in [-0.4, -0.2) is 73.3 Å². The zero-order valence-corrected chi connectivity index (χ0v) is 12.8. The van der Waals surface area contributed by atoms with Gasteiger partial charge in [0.1, 0.15) is 0 Å². The monoisotopic (exact) mass is 269 g/mol. The van der Waals surface area contributed by atoms with E-state index in [0.717, 1.165) is 25.9 Å². The van der Waals surface area contributed by atoms with Crippen molar-refractivity contribution in [1.29, 1.82) is 0 Å². The SMILES string of the molecule is CC1CCN(C(=O)[C@H](C)N(C)CC(=O)N(C)C)CC1. The molecule has 1 aliphatic heterocycles. The summed E-state index contributed by atoms with van der Waals surface area (Å²) >= 11 is 0. The van der Waals surface area contributed by atoms with Crippen LogP contribution in [0.1, 0.15) is 26.7 Å². The van der Waals surface area contributed by atoms with Gasteiger partial charge in [0.05, 0.1) is 12.6 Å². The van der Waals surface area contributed by atoms with Gasteiger partial charge in [-0.15, -0.1) is 0 Å². The number of carbonyl (C=O) groups excluding carboxylic acids is 2. The smallest absolute Gasteiger partial charge is 0.239 e. The van der Waals surface area contributed by atoms with E-state index in [1.807, 2.05) is 23.8 Å². The normalized spacial score (nSPS) is 18.5. The van der Waals surface area contributed by atoms with Gasteiger partial charge in [-0.25, -0.2) is 0 Å². The van der Waals surface area contributed by atoms with Crippen LogP contribution < -0.4 is 0 Å². The number of carbonyl (C=O) groups is 2. The quantitative estimate of drug-likeness (QED) is 0.753.